The first kappa shape index (κ1) is 13.9. The second-order valence-electron chi connectivity index (χ2n) is 3.86. The first-order valence-corrected chi connectivity index (χ1v) is 5.62. The fourth-order valence-corrected chi connectivity index (χ4v) is 1.67. The molecule has 96 valence electrons. The van der Waals surface area contributed by atoms with Crippen LogP contribution in [0.15, 0.2) is 18.3 Å². The van der Waals surface area contributed by atoms with E-state index in [1.807, 2.05) is 19.2 Å². The van der Waals surface area contributed by atoms with Gasteiger partial charge in [-0.05, 0) is 12.6 Å². The Hall–Kier alpha value is -1.17. The number of pyridine rings is 1. The minimum absolute atomic E-state index is 0.156. The molecule has 0 aliphatic heterocycles. The van der Waals surface area contributed by atoms with E-state index in [1.165, 1.54) is 0 Å². The third kappa shape index (κ3) is 3.96. The number of likely N-dealkylation sites (N-methyl/N-ethyl adjacent to an activating group) is 1. The van der Waals surface area contributed by atoms with Crippen LogP contribution in [0.25, 0.3) is 0 Å². The molecule has 5 heteroatoms. The van der Waals surface area contributed by atoms with Crippen molar-refractivity contribution in [2.24, 2.45) is 5.73 Å². The molecule has 0 aromatic carbocycles. The van der Waals surface area contributed by atoms with Crippen LogP contribution in [0.2, 0.25) is 0 Å². The summed E-state index contributed by atoms with van der Waals surface area (Å²) in [7, 11) is 5.33. The van der Waals surface area contributed by atoms with Crippen LogP contribution < -0.4 is 10.5 Å². The van der Waals surface area contributed by atoms with E-state index in [1.54, 1.807) is 20.4 Å². The van der Waals surface area contributed by atoms with Gasteiger partial charge in [-0.25, -0.2) is 4.98 Å². The Balaban J connectivity index is 2.70. The summed E-state index contributed by atoms with van der Waals surface area (Å²) < 4.78 is 10.1. The zero-order valence-corrected chi connectivity index (χ0v) is 10.7. The van der Waals surface area contributed by atoms with E-state index in [0.29, 0.717) is 19.0 Å². The first-order valence-electron chi connectivity index (χ1n) is 5.62. The average Bonchev–Trinajstić information content (AvgIpc) is 2.38. The molecular weight excluding hydrogens is 218 g/mol. The van der Waals surface area contributed by atoms with Gasteiger partial charge in [0.1, 0.15) is 0 Å². The molecule has 2 N–H and O–H groups in total. The summed E-state index contributed by atoms with van der Waals surface area (Å²) in [6.45, 7) is 2.08. The smallest absolute Gasteiger partial charge is 0.212 e. The molecule has 1 aromatic heterocycles. The van der Waals surface area contributed by atoms with Crippen molar-refractivity contribution in [2.75, 3.05) is 41.0 Å². The van der Waals surface area contributed by atoms with Crippen LogP contribution >= 0.6 is 0 Å². The molecule has 0 saturated carbocycles. The second-order valence-corrected chi connectivity index (χ2v) is 3.86. The Morgan fingerprint density at radius 3 is 2.65 bits per heavy atom. The third-order valence-corrected chi connectivity index (χ3v) is 2.76. The zero-order chi connectivity index (χ0) is 12.7. The third-order valence-electron chi connectivity index (χ3n) is 2.76. The van der Waals surface area contributed by atoms with Gasteiger partial charge < -0.3 is 15.2 Å². The highest BCUT2D eigenvalue weighted by Gasteiger charge is 2.15. The lowest BCUT2D eigenvalue weighted by atomic mass is 10.1. The van der Waals surface area contributed by atoms with Gasteiger partial charge in [0.2, 0.25) is 5.88 Å². The summed E-state index contributed by atoms with van der Waals surface area (Å²) in [5.74, 6) is 0.615. The molecule has 0 saturated heterocycles. The highest BCUT2D eigenvalue weighted by molar-refractivity contribution is 5.21. The van der Waals surface area contributed by atoms with Crippen LogP contribution in [0.5, 0.6) is 5.88 Å². The Bertz CT molecular complexity index is 316. The summed E-state index contributed by atoms with van der Waals surface area (Å²) in [6.07, 6.45) is 1.81. The van der Waals surface area contributed by atoms with Crippen molar-refractivity contribution in [1.82, 2.24) is 9.88 Å². The molecule has 0 fully saturated rings. The number of hydrogen-bond donors (Lipinski definition) is 1. The maximum absolute atomic E-state index is 5.81. The van der Waals surface area contributed by atoms with Gasteiger partial charge in [-0.15, -0.1) is 0 Å². The maximum Gasteiger partial charge on any atom is 0.212 e. The molecule has 17 heavy (non-hydrogen) atoms. The van der Waals surface area contributed by atoms with Crippen molar-refractivity contribution in [1.29, 1.82) is 0 Å². The molecule has 0 radical (unpaired) electrons. The van der Waals surface area contributed by atoms with Crippen LogP contribution in [0.3, 0.4) is 0 Å². The van der Waals surface area contributed by atoms with Gasteiger partial charge in [0.25, 0.3) is 0 Å². The van der Waals surface area contributed by atoms with Crippen LogP contribution in [-0.4, -0.2) is 50.8 Å². The van der Waals surface area contributed by atoms with Gasteiger partial charge in [0, 0.05) is 38.5 Å². The van der Waals surface area contributed by atoms with Crippen molar-refractivity contribution < 1.29 is 9.47 Å². The number of ether oxygens (including phenoxy) is 2. The SMILES string of the molecule is COCCN(C)C(CN)c1ccc(OC)nc1. The lowest BCUT2D eigenvalue weighted by molar-refractivity contribution is 0.140. The van der Waals surface area contributed by atoms with E-state index in [0.717, 1.165) is 12.1 Å². The summed E-state index contributed by atoms with van der Waals surface area (Å²) in [5.41, 5.74) is 6.90. The Morgan fingerprint density at radius 1 is 1.41 bits per heavy atom. The minimum Gasteiger partial charge on any atom is -0.481 e. The Kier molecular flexibility index (Phi) is 5.90. The highest BCUT2D eigenvalue weighted by Crippen LogP contribution is 2.18. The van der Waals surface area contributed by atoms with Crippen LogP contribution in [-0.2, 0) is 4.74 Å². The largest absolute Gasteiger partial charge is 0.481 e. The molecule has 1 aromatic rings. The Labute approximate surface area is 103 Å². The predicted octanol–water partition coefficient (Wildman–Crippen LogP) is 0.668. The number of aromatic nitrogens is 1. The van der Waals surface area contributed by atoms with Crippen molar-refractivity contribution in [3.05, 3.63) is 23.9 Å². The van der Waals surface area contributed by atoms with Crippen molar-refractivity contribution in [3.63, 3.8) is 0 Å². The summed E-state index contributed by atoms with van der Waals surface area (Å²) in [4.78, 5) is 6.35. The van der Waals surface area contributed by atoms with Crippen molar-refractivity contribution in [2.45, 2.75) is 6.04 Å². The molecular formula is C12H21N3O2. The van der Waals surface area contributed by atoms with E-state index >= 15 is 0 Å². The van der Waals surface area contributed by atoms with Crippen molar-refractivity contribution >= 4 is 0 Å². The van der Waals surface area contributed by atoms with E-state index < -0.39 is 0 Å². The number of hydrogen-bond acceptors (Lipinski definition) is 5. The molecule has 0 bridgehead atoms. The van der Waals surface area contributed by atoms with E-state index in [4.69, 9.17) is 15.2 Å². The van der Waals surface area contributed by atoms with E-state index in [-0.39, 0.29) is 6.04 Å². The molecule has 0 aliphatic rings. The monoisotopic (exact) mass is 239 g/mol. The second kappa shape index (κ2) is 7.21. The number of methoxy groups -OCH3 is 2. The summed E-state index contributed by atoms with van der Waals surface area (Å²) >= 11 is 0. The fraction of sp³-hybridized carbons (Fsp3) is 0.583. The van der Waals surface area contributed by atoms with Crippen LogP contribution in [0.4, 0.5) is 0 Å². The normalized spacial score (nSPS) is 12.8. The maximum atomic E-state index is 5.81. The summed E-state index contributed by atoms with van der Waals surface area (Å²) in [5, 5.41) is 0. The van der Waals surface area contributed by atoms with Gasteiger partial charge in [0.15, 0.2) is 0 Å². The minimum atomic E-state index is 0.156. The van der Waals surface area contributed by atoms with Gasteiger partial charge in [-0.2, -0.15) is 0 Å². The van der Waals surface area contributed by atoms with Crippen LogP contribution in [0.1, 0.15) is 11.6 Å². The molecule has 1 heterocycles. The lowest BCUT2D eigenvalue weighted by Crippen LogP contribution is -2.33. The van der Waals surface area contributed by atoms with Crippen molar-refractivity contribution in [3.8, 4) is 5.88 Å². The first-order chi connectivity index (χ1) is 8.22. The van der Waals surface area contributed by atoms with E-state index in [2.05, 4.69) is 9.88 Å². The van der Waals surface area contributed by atoms with E-state index in [9.17, 15) is 0 Å². The lowest BCUT2D eigenvalue weighted by Gasteiger charge is -2.26. The quantitative estimate of drug-likeness (QED) is 0.757. The molecule has 1 unspecified atom stereocenters. The fourth-order valence-electron chi connectivity index (χ4n) is 1.67. The highest BCUT2D eigenvalue weighted by atomic mass is 16.5. The molecule has 1 rings (SSSR count). The van der Waals surface area contributed by atoms with Gasteiger partial charge in [-0.3, -0.25) is 4.90 Å². The average molecular weight is 239 g/mol. The number of nitrogens with two attached hydrogens (primary N) is 1. The number of rotatable bonds is 7. The van der Waals surface area contributed by atoms with Crippen LogP contribution in [0, 0.1) is 0 Å². The molecule has 0 spiro atoms. The molecule has 0 amide bonds. The molecule has 5 nitrogen and oxygen atoms in total. The summed E-state index contributed by atoms with van der Waals surface area (Å²) in [6, 6.07) is 4.00. The molecule has 1 atom stereocenters. The van der Waals surface area contributed by atoms with Gasteiger partial charge in [0.05, 0.1) is 13.7 Å². The Morgan fingerprint density at radius 2 is 2.18 bits per heavy atom. The van der Waals surface area contributed by atoms with Gasteiger partial charge in [-0.1, -0.05) is 6.07 Å². The topological polar surface area (TPSA) is 60.6 Å². The standard InChI is InChI=1S/C12H21N3O2/c1-15(6-7-16-2)11(8-13)10-4-5-12(17-3)14-9-10/h4-5,9,11H,6-8,13H2,1-3H3. The zero-order valence-electron chi connectivity index (χ0n) is 10.7. The van der Waals surface area contributed by atoms with Gasteiger partial charge >= 0.3 is 0 Å². The predicted molar refractivity (Wildman–Crippen MR) is 67.1 cm³/mol. The molecule has 0 aliphatic carbocycles. The number of nitrogens with zero attached hydrogens (tertiary/aromatic N) is 2.